The normalized spacial score (nSPS) is 13.8. The third-order valence-corrected chi connectivity index (χ3v) is 11.4. The van der Waals surface area contributed by atoms with E-state index in [9.17, 15) is 19.8 Å². The van der Waals surface area contributed by atoms with Crippen LogP contribution in [0.4, 0.5) is 22.7 Å². The molecule has 4 N–H and O–H groups in total. The van der Waals surface area contributed by atoms with Gasteiger partial charge < -0.3 is 19.8 Å². The van der Waals surface area contributed by atoms with Crippen LogP contribution in [-0.2, 0) is 9.59 Å². The van der Waals surface area contributed by atoms with Crippen LogP contribution in [0.25, 0.3) is 0 Å². The number of anilines is 4. The predicted molar refractivity (Wildman–Crippen MR) is 251 cm³/mol. The van der Waals surface area contributed by atoms with Gasteiger partial charge in [-0.2, -0.15) is 10.9 Å². The molecule has 64 heavy (non-hydrogen) atoms. The molecule has 0 aromatic heterocycles. The number of nitrogens with zero attached hydrogens (tertiary/aromatic N) is 6. The maximum absolute atomic E-state index is 11.3. The Bertz CT molecular complexity index is 2240. The molecule has 6 aromatic rings. The highest BCUT2D eigenvalue weighted by Crippen LogP contribution is 2.38. The Hall–Kier alpha value is -7.28. The lowest BCUT2D eigenvalue weighted by molar-refractivity contribution is -0.545. The number of carboxylic acid groups (broad SMARTS) is 2. The number of hydrogen-bond donors (Lipinski definition) is 2. The van der Waals surface area contributed by atoms with Crippen molar-refractivity contribution in [1.82, 2.24) is 0 Å². The highest BCUT2D eigenvalue weighted by Gasteiger charge is 2.38. The summed E-state index contributed by atoms with van der Waals surface area (Å²) in [7, 11) is 0. The van der Waals surface area contributed by atoms with Crippen molar-refractivity contribution in [3.8, 4) is 0 Å². The van der Waals surface area contributed by atoms with E-state index in [1.165, 1.54) is 0 Å². The number of aliphatic carboxylic acids is 2. The Morgan fingerprint density at radius 1 is 0.500 bits per heavy atom. The first-order valence-electron chi connectivity index (χ1n) is 22.1. The number of hydrazine groups is 2. The van der Waals surface area contributed by atoms with Gasteiger partial charge in [-0.05, 0) is 92.1 Å². The number of carbonyl (C=O) groups excluding carboxylic acids is 2. The maximum Gasteiger partial charge on any atom is 0.277 e. The molecule has 1 unspecified atom stereocenters. The van der Waals surface area contributed by atoms with Crippen LogP contribution in [0.15, 0.2) is 192 Å². The Morgan fingerprint density at radius 2 is 0.844 bits per heavy atom. The fourth-order valence-corrected chi connectivity index (χ4v) is 7.76. The fourth-order valence-electron chi connectivity index (χ4n) is 7.76. The largest absolute Gasteiger partial charge is 0.550 e. The Kier molecular flexibility index (Phi) is 16.8. The van der Waals surface area contributed by atoms with Gasteiger partial charge in [0.25, 0.3) is 11.7 Å². The number of nitrogens with two attached hydrogens (primary N) is 2. The second-order valence-corrected chi connectivity index (χ2v) is 15.4. The van der Waals surface area contributed by atoms with Gasteiger partial charge in [-0.3, -0.25) is 0 Å². The highest BCUT2D eigenvalue weighted by atomic mass is 16.4. The molecule has 330 valence electrons. The average Bonchev–Trinajstić information content (AvgIpc) is 4.02. The third-order valence-electron chi connectivity index (χ3n) is 11.4. The summed E-state index contributed by atoms with van der Waals surface area (Å²) in [5, 5.41) is 40.2. The van der Waals surface area contributed by atoms with Gasteiger partial charge in [0.2, 0.25) is 0 Å². The molecule has 0 amide bonds. The van der Waals surface area contributed by atoms with E-state index in [4.69, 9.17) is 10.2 Å². The molecule has 8 rings (SSSR count). The number of rotatable bonds is 16. The van der Waals surface area contributed by atoms with Crippen molar-refractivity contribution >= 4 is 46.4 Å². The topological polar surface area (TPSA) is 151 Å². The minimum absolute atomic E-state index is 0.262. The van der Waals surface area contributed by atoms with Crippen LogP contribution in [0.1, 0.15) is 76.8 Å². The first kappa shape index (κ1) is 46.2. The molecule has 0 radical (unpaired) electrons. The van der Waals surface area contributed by atoms with Gasteiger partial charge in [0.1, 0.15) is 11.4 Å². The van der Waals surface area contributed by atoms with E-state index in [-0.39, 0.29) is 12.8 Å². The van der Waals surface area contributed by atoms with Crippen molar-refractivity contribution in [1.29, 1.82) is 0 Å². The summed E-state index contributed by atoms with van der Waals surface area (Å²) in [4.78, 5) is 22.5. The first-order chi connectivity index (χ1) is 31.3. The number of benzene rings is 6. The van der Waals surface area contributed by atoms with Crippen molar-refractivity contribution in [2.75, 3.05) is 20.5 Å². The van der Waals surface area contributed by atoms with E-state index in [1.807, 2.05) is 119 Å². The van der Waals surface area contributed by atoms with E-state index in [0.29, 0.717) is 6.42 Å². The predicted octanol–water partition coefficient (Wildman–Crippen LogP) is 6.42. The zero-order valence-corrected chi connectivity index (χ0v) is 36.8. The lowest BCUT2D eigenvalue weighted by atomic mass is 9.69. The van der Waals surface area contributed by atoms with Gasteiger partial charge in [-0.25, -0.2) is 0 Å². The maximum atomic E-state index is 11.3. The summed E-state index contributed by atoms with van der Waals surface area (Å²) in [6.45, 7) is 5.46. The summed E-state index contributed by atoms with van der Waals surface area (Å²) in [5.41, 5.74) is 9.26. The molecule has 0 saturated carbocycles. The van der Waals surface area contributed by atoms with Gasteiger partial charge in [-0.15, -0.1) is 20.5 Å². The minimum Gasteiger partial charge on any atom is -0.550 e. The molecule has 2 heterocycles. The van der Waals surface area contributed by atoms with E-state index >= 15 is 0 Å². The molecular weight excluding hydrogens is 801 g/mol. The number of unbranched alkanes of at least 4 members (excludes halogenated alkanes) is 3. The van der Waals surface area contributed by atoms with Crippen molar-refractivity contribution in [3.05, 3.63) is 193 Å². The molecule has 0 spiro atoms. The number of para-hydroxylation sites is 4. The van der Waals surface area contributed by atoms with Crippen molar-refractivity contribution in [3.63, 3.8) is 0 Å². The quantitative estimate of drug-likeness (QED) is 0.0837. The molecule has 0 saturated heterocycles. The molecule has 1 atom stereocenters. The van der Waals surface area contributed by atoms with Gasteiger partial charge >= 0.3 is 0 Å². The van der Waals surface area contributed by atoms with Crippen molar-refractivity contribution in [2.24, 2.45) is 21.5 Å². The van der Waals surface area contributed by atoms with Crippen molar-refractivity contribution < 1.29 is 30.7 Å². The van der Waals surface area contributed by atoms with Gasteiger partial charge in [0.15, 0.2) is 0 Å². The zero-order chi connectivity index (χ0) is 45.2. The average molecular weight is 859 g/mol. The third kappa shape index (κ3) is 11.6. The van der Waals surface area contributed by atoms with Crippen LogP contribution in [0.5, 0.6) is 0 Å². The van der Waals surface area contributed by atoms with Crippen LogP contribution in [0.2, 0.25) is 0 Å². The second kappa shape index (κ2) is 23.2. The number of hydrogen-bond acceptors (Lipinski definition) is 10. The summed E-state index contributed by atoms with van der Waals surface area (Å²) in [6, 6.07) is 61.3. The molecule has 0 fully saturated rings. The summed E-state index contributed by atoms with van der Waals surface area (Å²) < 4.78 is 0. The first-order valence-corrected chi connectivity index (χ1v) is 22.1. The number of carbonyl (C=O) groups is 2. The van der Waals surface area contributed by atoms with E-state index in [2.05, 4.69) is 101 Å². The summed E-state index contributed by atoms with van der Waals surface area (Å²) in [6.07, 6.45) is 4.63. The number of hydrazone groups is 2. The molecule has 2 aliphatic heterocycles. The van der Waals surface area contributed by atoms with Gasteiger partial charge in [0.05, 0.1) is 22.5 Å². The van der Waals surface area contributed by atoms with E-state index in [1.54, 1.807) is 13.8 Å². The van der Waals surface area contributed by atoms with Crippen LogP contribution in [-0.4, -0.2) is 23.6 Å². The highest BCUT2D eigenvalue weighted by molar-refractivity contribution is 5.94. The van der Waals surface area contributed by atoms with Crippen LogP contribution >= 0.6 is 0 Å². The number of amidine groups is 2. The molecule has 2 aliphatic rings. The Balaban J connectivity index is 0.000000161. The summed E-state index contributed by atoms with van der Waals surface area (Å²) >= 11 is 0. The van der Waals surface area contributed by atoms with E-state index in [0.717, 1.165) is 71.2 Å². The molecule has 12 heteroatoms. The lowest BCUT2D eigenvalue weighted by Gasteiger charge is -2.41. The standard InChI is InChI=1S/2C19H16N4.C14H26O4/c2*1-4-10-16(11-5-1)19-20-22(17-12-6-2-7-13-17)23(21-19)18-14-8-3-9-15-18;1-4-7-8-9-10-11(12(15)16)14(5-2,6-3)13(17)18/h2*1-15H,(H,20,21);11H,4-10H2,1-3H3,(H,15,16)(H,17,18). The smallest absolute Gasteiger partial charge is 0.277 e. The van der Waals surface area contributed by atoms with Gasteiger partial charge in [-0.1, -0.05) is 166 Å². The Labute approximate surface area is 376 Å². The number of quaternary nitrogens is 2. The van der Waals surface area contributed by atoms with Gasteiger partial charge in [0, 0.05) is 23.3 Å². The fraction of sp³-hybridized carbons (Fsp3) is 0.231. The van der Waals surface area contributed by atoms with Crippen LogP contribution in [0, 0.1) is 11.3 Å². The van der Waals surface area contributed by atoms with Crippen LogP contribution < -0.4 is 41.5 Å². The molecule has 0 aliphatic carbocycles. The lowest BCUT2D eigenvalue weighted by Crippen LogP contribution is -2.96. The summed E-state index contributed by atoms with van der Waals surface area (Å²) in [5.74, 6) is -1.59. The monoisotopic (exact) mass is 858 g/mol. The molecule has 6 aromatic carbocycles. The second-order valence-electron chi connectivity index (χ2n) is 15.4. The molecule has 0 bridgehead atoms. The van der Waals surface area contributed by atoms with E-state index < -0.39 is 23.3 Å². The van der Waals surface area contributed by atoms with Crippen LogP contribution in [0.3, 0.4) is 0 Å². The Morgan fingerprint density at radius 3 is 1.16 bits per heavy atom. The minimum atomic E-state index is -1.29. The molecular formula is C52H58N8O4. The SMILES string of the molecule is CCCCCCC(C(=O)[O-])C(CC)(CC)C(=O)[O-].c1ccc(C2=NN(c3ccccc3)N(c3ccccc3)[NH2+]2)cc1.c1ccc(C2=NN(c3ccccc3)N(c3ccccc3)[NH2+]2)cc1. The van der Waals surface area contributed by atoms with Crippen molar-refractivity contribution in [2.45, 2.75) is 65.7 Å². The zero-order valence-electron chi connectivity index (χ0n) is 36.8. The molecule has 12 nitrogen and oxygen atoms in total. The number of carboxylic acids is 2.